The summed E-state index contributed by atoms with van der Waals surface area (Å²) in [5.74, 6) is 0.966. The number of pyridine rings is 1. The van der Waals surface area contributed by atoms with E-state index in [0.717, 1.165) is 16.5 Å². The molecule has 0 unspecified atom stereocenters. The standard InChI is InChI=1S/C19H16N2O3/c22-19(15-7-2-8-16-18(15)24-12-23-16)21-11-9-14-5-1-4-13-6-3-10-20-17(13)14/h1-8,10H,9,11-12H2,(H,21,22). The topological polar surface area (TPSA) is 60.5 Å². The summed E-state index contributed by atoms with van der Waals surface area (Å²) >= 11 is 0. The minimum Gasteiger partial charge on any atom is -0.454 e. The first-order chi connectivity index (χ1) is 11.8. The Morgan fingerprint density at radius 3 is 2.92 bits per heavy atom. The molecule has 0 atom stereocenters. The molecule has 0 bridgehead atoms. The predicted octanol–water partition coefficient (Wildman–Crippen LogP) is 2.94. The molecule has 1 aromatic heterocycles. The van der Waals surface area contributed by atoms with Crippen LogP contribution >= 0.6 is 0 Å². The lowest BCUT2D eigenvalue weighted by molar-refractivity contribution is 0.0949. The zero-order valence-electron chi connectivity index (χ0n) is 13.0. The third-order valence-electron chi connectivity index (χ3n) is 4.04. The Labute approximate surface area is 139 Å². The highest BCUT2D eigenvalue weighted by atomic mass is 16.7. The zero-order valence-corrected chi connectivity index (χ0v) is 13.0. The number of nitrogens with zero attached hydrogens (tertiary/aromatic N) is 1. The summed E-state index contributed by atoms with van der Waals surface area (Å²) < 4.78 is 10.7. The zero-order chi connectivity index (χ0) is 16.4. The maximum Gasteiger partial charge on any atom is 0.255 e. The Bertz CT molecular complexity index is 903. The summed E-state index contributed by atoms with van der Waals surface area (Å²) in [4.78, 5) is 16.8. The number of hydrogen-bond acceptors (Lipinski definition) is 4. The first-order valence-electron chi connectivity index (χ1n) is 7.82. The van der Waals surface area contributed by atoms with Crippen LogP contribution in [-0.4, -0.2) is 24.2 Å². The second kappa shape index (κ2) is 6.20. The molecule has 5 heteroatoms. The van der Waals surface area contributed by atoms with Crippen LogP contribution in [-0.2, 0) is 6.42 Å². The van der Waals surface area contributed by atoms with Crippen LogP contribution in [0.2, 0.25) is 0 Å². The fraction of sp³-hybridized carbons (Fsp3) is 0.158. The van der Waals surface area contributed by atoms with Crippen molar-refractivity contribution < 1.29 is 14.3 Å². The van der Waals surface area contributed by atoms with Crippen molar-refractivity contribution in [2.45, 2.75) is 6.42 Å². The van der Waals surface area contributed by atoms with Crippen LogP contribution in [0.1, 0.15) is 15.9 Å². The van der Waals surface area contributed by atoms with E-state index in [0.29, 0.717) is 30.0 Å². The van der Waals surface area contributed by atoms with Crippen LogP contribution in [0.15, 0.2) is 54.7 Å². The molecule has 0 fully saturated rings. The maximum atomic E-state index is 12.4. The van der Waals surface area contributed by atoms with Gasteiger partial charge in [0.25, 0.3) is 5.91 Å². The van der Waals surface area contributed by atoms with E-state index in [9.17, 15) is 4.79 Å². The van der Waals surface area contributed by atoms with Crippen molar-refractivity contribution in [3.63, 3.8) is 0 Å². The van der Waals surface area contributed by atoms with Gasteiger partial charge in [-0.25, -0.2) is 0 Å². The number of hydrogen-bond donors (Lipinski definition) is 1. The van der Waals surface area contributed by atoms with E-state index < -0.39 is 0 Å². The fourth-order valence-corrected chi connectivity index (χ4v) is 2.88. The summed E-state index contributed by atoms with van der Waals surface area (Å²) in [7, 11) is 0. The fourth-order valence-electron chi connectivity index (χ4n) is 2.88. The summed E-state index contributed by atoms with van der Waals surface area (Å²) in [5.41, 5.74) is 2.60. The predicted molar refractivity (Wildman–Crippen MR) is 90.3 cm³/mol. The summed E-state index contributed by atoms with van der Waals surface area (Å²) in [6.07, 6.45) is 2.50. The molecule has 24 heavy (non-hydrogen) atoms. The molecule has 1 N–H and O–H groups in total. The highest BCUT2D eigenvalue weighted by molar-refractivity contribution is 5.98. The average Bonchev–Trinajstić information content (AvgIpc) is 3.10. The van der Waals surface area contributed by atoms with Crippen LogP contribution < -0.4 is 14.8 Å². The summed E-state index contributed by atoms with van der Waals surface area (Å²) in [6, 6.07) is 15.4. The van der Waals surface area contributed by atoms with Crippen molar-refractivity contribution in [3.05, 3.63) is 65.9 Å². The van der Waals surface area contributed by atoms with Crippen LogP contribution in [0, 0.1) is 0 Å². The normalized spacial score (nSPS) is 12.3. The van der Waals surface area contributed by atoms with E-state index in [1.165, 1.54) is 0 Å². The highest BCUT2D eigenvalue weighted by Gasteiger charge is 2.21. The second-order valence-corrected chi connectivity index (χ2v) is 5.54. The lowest BCUT2D eigenvalue weighted by Gasteiger charge is -2.09. The Morgan fingerprint density at radius 2 is 1.96 bits per heavy atom. The molecule has 2 heterocycles. The number of aromatic nitrogens is 1. The molecular weight excluding hydrogens is 304 g/mol. The summed E-state index contributed by atoms with van der Waals surface area (Å²) in [6.45, 7) is 0.681. The van der Waals surface area contributed by atoms with Gasteiger partial charge in [-0.15, -0.1) is 0 Å². The quantitative estimate of drug-likeness (QED) is 0.803. The molecule has 5 nitrogen and oxygen atoms in total. The van der Waals surface area contributed by atoms with Crippen molar-refractivity contribution >= 4 is 16.8 Å². The van der Waals surface area contributed by atoms with Crippen LogP contribution in [0.5, 0.6) is 11.5 Å². The first-order valence-corrected chi connectivity index (χ1v) is 7.82. The maximum absolute atomic E-state index is 12.4. The van der Waals surface area contributed by atoms with Crippen LogP contribution in [0.3, 0.4) is 0 Å². The van der Waals surface area contributed by atoms with Gasteiger partial charge in [-0.2, -0.15) is 0 Å². The largest absolute Gasteiger partial charge is 0.454 e. The molecule has 0 saturated carbocycles. The molecule has 1 aliphatic heterocycles. The molecule has 0 aliphatic carbocycles. The number of para-hydroxylation sites is 2. The molecule has 1 amide bonds. The van der Waals surface area contributed by atoms with Gasteiger partial charge in [0.2, 0.25) is 6.79 Å². The molecule has 3 aromatic rings. The lowest BCUT2D eigenvalue weighted by Crippen LogP contribution is -2.26. The van der Waals surface area contributed by atoms with Gasteiger partial charge >= 0.3 is 0 Å². The molecule has 4 rings (SSSR count). The first kappa shape index (κ1) is 14.5. The van der Waals surface area contributed by atoms with Crippen molar-refractivity contribution in [1.29, 1.82) is 0 Å². The van der Waals surface area contributed by atoms with Crippen molar-refractivity contribution in [2.24, 2.45) is 0 Å². The molecular formula is C19H16N2O3. The number of benzene rings is 2. The summed E-state index contributed by atoms with van der Waals surface area (Å²) in [5, 5.41) is 4.04. The van der Waals surface area contributed by atoms with E-state index >= 15 is 0 Å². The molecule has 2 aromatic carbocycles. The smallest absolute Gasteiger partial charge is 0.255 e. The molecule has 0 spiro atoms. The van der Waals surface area contributed by atoms with Gasteiger partial charge in [0.05, 0.1) is 11.1 Å². The Kier molecular flexibility index (Phi) is 3.75. The molecule has 0 saturated heterocycles. The van der Waals surface area contributed by atoms with Gasteiger partial charge in [-0.1, -0.05) is 30.3 Å². The minimum atomic E-state index is -0.162. The van der Waals surface area contributed by atoms with Gasteiger partial charge in [0.15, 0.2) is 11.5 Å². The van der Waals surface area contributed by atoms with Crippen molar-refractivity contribution in [1.82, 2.24) is 10.3 Å². The second-order valence-electron chi connectivity index (χ2n) is 5.54. The number of fused-ring (bicyclic) bond motifs is 2. The van der Waals surface area contributed by atoms with E-state index in [4.69, 9.17) is 9.47 Å². The Balaban J connectivity index is 1.46. The van der Waals surface area contributed by atoms with Crippen molar-refractivity contribution in [2.75, 3.05) is 13.3 Å². The van der Waals surface area contributed by atoms with Crippen LogP contribution in [0.4, 0.5) is 0 Å². The lowest BCUT2D eigenvalue weighted by atomic mass is 10.1. The Morgan fingerprint density at radius 1 is 1.08 bits per heavy atom. The number of nitrogens with one attached hydrogen (secondary N) is 1. The van der Waals surface area contributed by atoms with Gasteiger partial charge in [-0.3, -0.25) is 9.78 Å². The molecule has 0 radical (unpaired) electrons. The number of carbonyl (C=O) groups is 1. The SMILES string of the molecule is O=C(NCCc1cccc2cccnc12)c1cccc2c1OCO2. The highest BCUT2D eigenvalue weighted by Crippen LogP contribution is 2.35. The third-order valence-corrected chi connectivity index (χ3v) is 4.04. The van der Waals surface area contributed by atoms with Gasteiger partial charge in [0.1, 0.15) is 0 Å². The van der Waals surface area contributed by atoms with Crippen molar-refractivity contribution in [3.8, 4) is 11.5 Å². The third kappa shape index (κ3) is 2.65. The van der Waals surface area contributed by atoms with Gasteiger partial charge < -0.3 is 14.8 Å². The molecule has 1 aliphatic rings. The van der Waals surface area contributed by atoms with Crippen LogP contribution in [0.25, 0.3) is 10.9 Å². The van der Waals surface area contributed by atoms with E-state index in [-0.39, 0.29) is 12.7 Å². The van der Waals surface area contributed by atoms with E-state index in [1.807, 2.05) is 30.3 Å². The van der Waals surface area contributed by atoms with E-state index in [2.05, 4.69) is 10.3 Å². The van der Waals surface area contributed by atoms with Gasteiger partial charge in [-0.05, 0) is 30.2 Å². The monoisotopic (exact) mass is 320 g/mol. The molecule has 120 valence electrons. The Hall–Kier alpha value is -3.08. The number of amides is 1. The number of carbonyl (C=O) groups excluding carboxylic acids is 1. The minimum absolute atomic E-state index is 0.154. The van der Waals surface area contributed by atoms with Gasteiger partial charge in [0, 0.05) is 18.1 Å². The average molecular weight is 320 g/mol. The van der Waals surface area contributed by atoms with E-state index in [1.54, 1.807) is 24.4 Å². The number of ether oxygens (including phenoxy) is 2. The number of rotatable bonds is 4.